The zero-order valence-electron chi connectivity index (χ0n) is 11.6. The minimum Gasteiger partial charge on any atom is -0.329 e. The third-order valence-corrected chi connectivity index (χ3v) is 4.96. The summed E-state index contributed by atoms with van der Waals surface area (Å²) in [4.78, 5) is 2.48. The van der Waals surface area contributed by atoms with Crippen molar-refractivity contribution in [2.24, 2.45) is 11.7 Å². The number of nitrogens with zero attached hydrogens (tertiary/aromatic N) is 1. The van der Waals surface area contributed by atoms with E-state index in [1.165, 1.54) is 12.8 Å². The van der Waals surface area contributed by atoms with E-state index in [0.717, 1.165) is 12.1 Å². The maximum atomic E-state index is 6.36. The summed E-state index contributed by atoms with van der Waals surface area (Å²) in [6.45, 7) is 6.21. The minimum atomic E-state index is 0.156. The lowest BCUT2D eigenvalue weighted by molar-refractivity contribution is 0.0799. The Morgan fingerprint density at radius 1 is 1.32 bits per heavy atom. The second kappa shape index (κ2) is 6.45. The monoisotopic (exact) mass is 300 g/mol. The summed E-state index contributed by atoms with van der Waals surface area (Å²) >= 11 is 12.5. The van der Waals surface area contributed by atoms with Gasteiger partial charge in [-0.15, -0.1) is 0 Å². The van der Waals surface area contributed by atoms with Gasteiger partial charge in [0, 0.05) is 25.2 Å². The molecule has 2 rings (SSSR count). The van der Waals surface area contributed by atoms with Crippen molar-refractivity contribution >= 4 is 23.2 Å². The molecule has 1 aliphatic rings. The number of hydrogen-bond donors (Lipinski definition) is 1. The standard InChI is InChI=1S/C15H22Cl2N2/c1-10-6-7-11(2)19(9-10)14(8-18)12-4-3-5-13(16)15(12)17/h3-5,10-11,14H,6-9,18H2,1-2H3. The molecule has 0 bridgehead atoms. The second-order valence-corrected chi connectivity index (χ2v) is 6.41. The molecule has 1 heterocycles. The Morgan fingerprint density at radius 3 is 2.74 bits per heavy atom. The quantitative estimate of drug-likeness (QED) is 0.910. The molecule has 0 saturated carbocycles. The lowest BCUT2D eigenvalue weighted by atomic mass is 9.91. The van der Waals surface area contributed by atoms with E-state index in [-0.39, 0.29) is 6.04 Å². The molecule has 1 aliphatic heterocycles. The molecule has 106 valence electrons. The molecule has 0 aliphatic carbocycles. The largest absolute Gasteiger partial charge is 0.329 e. The van der Waals surface area contributed by atoms with Gasteiger partial charge in [0.05, 0.1) is 10.0 Å². The van der Waals surface area contributed by atoms with Crippen LogP contribution in [0.3, 0.4) is 0 Å². The van der Waals surface area contributed by atoms with Crippen molar-refractivity contribution < 1.29 is 0 Å². The highest BCUT2D eigenvalue weighted by molar-refractivity contribution is 6.42. The summed E-state index contributed by atoms with van der Waals surface area (Å²) in [7, 11) is 0. The first-order chi connectivity index (χ1) is 9.04. The SMILES string of the molecule is CC1CCC(C)N(C(CN)c2cccc(Cl)c2Cl)C1. The van der Waals surface area contributed by atoms with Crippen molar-refractivity contribution in [2.45, 2.75) is 38.8 Å². The molecule has 2 nitrogen and oxygen atoms in total. The molecule has 0 spiro atoms. The van der Waals surface area contributed by atoms with Crippen LogP contribution in [0.5, 0.6) is 0 Å². The van der Waals surface area contributed by atoms with E-state index in [9.17, 15) is 0 Å². The van der Waals surface area contributed by atoms with E-state index in [1.807, 2.05) is 18.2 Å². The number of likely N-dealkylation sites (tertiary alicyclic amines) is 1. The summed E-state index contributed by atoms with van der Waals surface area (Å²) in [6, 6.07) is 6.51. The molecule has 1 aromatic carbocycles. The van der Waals surface area contributed by atoms with Crippen molar-refractivity contribution in [2.75, 3.05) is 13.1 Å². The summed E-state index contributed by atoms with van der Waals surface area (Å²) < 4.78 is 0. The molecule has 1 aromatic rings. The van der Waals surface area contributed by atoms with Crippen LogP contribution >= 0.6 is 23.2 Å². The van der Waals surface area contributed by atoms with Crippen LogP contribution in [-0.4, -0.2) is 24.0 Å². The highest BCUT2D eigenvalue weighted by atomic mass is 35.5. The number of rotatable bonds is 3. The average Bonchev–Trinajstić information content (AvgIpc) is 2.39. The van der Waals surface area contributed by atoms with Crippen molar-refractivity contribution in [3.8, 4) is 0 Å². The highest BCUT2D eigenvalue weighted by Crippen LogP contribution is 2.36. The first-order valence-corrected chi connectivity index (χ1v) is 7.70. The molecule has 3 unspecified atom stereocenters. The molecule has 3 atom stereocenters. The molecule has 0 aromatic heterocycles. The van der Waals surface area contributed by atoms with Crippen LogP contribution in [0.25, 0.3) is 0 Å². The number of hydrogen-bond acceptors (Lipinski definition) is 2. The third-order valence-electron chi connectivity index (χ3n) is 4.13. The number of nitrogens with two attached hydrogens (primary N) is 1. The first-order valence-electron chi connectivity index (χ1n) is 6.94. The van der Waals surface area contributed by atoms with E-state index >= 15 is 0 Å². The predicted molar refractivity (Wildman–Crippen MR) is 82.8 cm³/mol. The summed E-state index contributed by atoms with van der Waals surface area (Å²) in [5.74, 6) is 0.711. The summed E-state index contributed by atoms with van der Waals surface area (Å²) in [5, 5.41) is 1.25. The predicted octanol–water partition coefficient (Wildman–Crippen LogP) is 4.11. The van der Waals surface area contributed by atoms with E-state index < -0.39 is 0 Å². The summed E-state index contributed by atoms with van der Waals surface area (Å²) in [5.41, 5.74) is 7.07. The minimum absolute atomic E-state index is 0.156. The molecule has 1 saturated heterocycles. The normalized spacial score (nSPS) is 26.4. The van der Waals surface area contributed by atoms with E-state index in [2.05, 4.69) is 18.7 Å². The average molecular weight is 301 g/mol. The van der Waals surface area contributed by atoms with E-state index in [1.54, 1.807) is 0 Å². The van der Waals surface area contributed by atoms with Crippen LogP contribution in [0.2, 0.25) is 10.0 Å². The maximum Gasteiger partial charge on any atom is 0.0640 e. The Morgan fingerprint density at radius 2 is 2.05 bits per heavy atom. The molecule has 0 amide bonds. The maximum absolute atomic E-state index is 6.36. The van der Waals surface area contributed by atoms with Crippen molar-refractivity contribution in [1.29, 1.82) is 0 Å². The molecular weight excluding hydrogens is 279 g/mol. The van der Waals surface area contributed by atoms with Gasteiger partial charge < -0.3 is 5.73 Å². The summed E-state index contributed by atoms with van der Waals surface area (Å²) in [6.07, 6.45) is 2.51. The van der Waals surface area contributed by atoms with Gasteiger partial charge in [-0.25, -0.2) is 0 Å². The van der Waals surface area contributed by atoms with Crippen LogP contribution in [0.4, 0.5) is 0 Å². The first kappa shape index (κ1) is 15.1. The molecule has 0 radical (unpaired) electrons. The van der Waals surface area contributed by atoms with E-state index in [4.69, 9.17) is 28.9 Å². The molecule has 2 N–H and O–H groups in total. The topological polar surface area (TPSA) is 29.3 Å². The number of benzene rings is 1. The lowest BCUT2D eigenvalue weighted by Gasteiger charge is -2.42. The van der Waals surface area contributed by atoms with Crippen LogP contribution in [0.1, 0.15) is 38.3 Å². The van der Waals surface area contributed by atoms with Gasteiger partial charge in [-0.05, 0) is 37.3 Å². The highest BCUT2D eigenvalue weighted by Gasteiger charge is 2.30. The van der Waals surface area contributed by atoms with Gasteiger partial charge >= 0.3 is 0 Å². The number of piperidine rings is 1. The Hall–Kier alpha value is -0.280. The van der Waals surface area contributed by atoms with Gasteiger partial charge in [0.1, 0.15) is 0 Å². The van der Waals surface area contributed by atoms with Crippen molar-refractivity contribution in [1.82, 2.24) is 4.90 Å². The van der Waals surface area contributed by atoms with Gasteiger partial charge in [0.15, 0.2) is 0 Å². The molecular formula is C15H22Cl2N2. The Balaban J connectivity index is 2.30. The third kappa shape index (κ3) is 3.25. The zero-order chi connectivity index (χ0) is 14.0. The van der Waals surface area contributed by atoms with Crippen LogP contribution in [-0.2, 0) is 0 Å². The molecule has 4 heteroatoms. The van der Waals surface area contributed by atoms with Gasteiger partial charge in [-0.1, -0.05) is 42.3 Å². The van der Waals surface area contributed by atoms with Gasteiger partial charge in [0.25, 0.3) is 0 Å². The van der Waals surface area contributed by atoms with Crippen molar-refractivity contribution in [3.63, 3.8) is 0 Å². The fraction of sp³-hybridized carbons (Fsp3) is 0.600. The van der Waals surface area contributed by atoms with Gasteiger partial charge in [0.2, 0.25) is 0 Å². The molecule has 1 fully saturated rings. The Kier molecular flexibility index (Phi) is 5.13. The van der Waals surface area contributed by atoms with Crippen LogP contribution < -0.4 is 5.73 Å². The Bertz CT molecular complexity index is 436. The van der Waals surface area contributed by atoms with Gasteiger partial charge in [-0.3, -0.25) is 4.90 Å². The van der Waals surface area contributed by atoms with Crippen molar-refractivity contribution in [3.05, 3.63) is 33.8 Å². The van der Waals surface area contributed by atoms with Crippen LogP contribution in [0, 0.1) is 5.92 Å². The Labute approximate surface area is 125 Å². The second-order valence-electron chi connectivity index (χ2n) is 5.62. The van der Waals surface area contributed by atoms with Crippen LogP contribution in [0.15, 0.2) is 18.2 Å². The smallest absolute Gasteiger partial charge is 0.0640 e. The fourth-order valence-corrected chi connectivity index (χ4v) is 3.41. The lowest BCUT2D eigenvalue weighted by Crippen LogP contribution is -2.45. The fourth-order valence-electron chi connectivity index (χ4n) is 2.98. The van der Waals surface area contributed by atoms with Gasteiger partial charge in [-0.2, -0.15) is 0 Å². The van der Waals surface area contributed by atoms with E-state index in [0.29, 0.717) is 28.5 Å². The number of halogens is 2. The molecule has 19 heavy (non-hydrogen) atoms. The zero-order valence-corrected chi connectivity index (χ0v) is 13.1.